The van der Waals surface area contributed by atoms with Gasteiger partial charge in [-0.05, 0) is 44.4 Å². The van der Waals surface area contributed by atoms with Crippen LogP contribution in [0.3, 0.4) is 0 Å². The molecule has 0 aliphatic heterocycles. The molecule has 0 spiro atoms. The van der Waals surface area contributed by atoms with Gasteiger partial charge in [0.2, 0.25) is 0 Å². The van der Waals surface area contributed by atoms with Crippen LogP contribution < -0.4 is 0 Å². The number of carbonyl (C=O) groups is 1. The molecule has 0 aliphatic carbocycles. The van der Waals surface area contributed by atoms with Gasteiger partial charge in [-0.2, -0.15) is 0 Å². The summed E-state index contributed by atoms with van der Waals surface area (Å²) in [4.78, 5) is 12.0. The van der Waals surface area contributed by atoms with Gasteiger partial charge in [0.15, 0.2) is 0 Å². The van der Waals surface area contributed by atoms with E-state index in [2.05, 4.69) is 32.9 Å². The number of ether oxygens (including phenoxy) is 1. The third kappa shape index (κ3) is 41.2. The van der Waals surface area contributed by atoms with E-state index in [4.69, 9.17) is 4.74 Å². The second kappa shape index (κ2) is 40.4. The van der Waals surface area contributed by atoms with Crippen molar-refractivity contribution in [2.45, 2.75) is 252 Å². The topological polar surface area (TPSA) is 26.3 Å². The number of carbonyl (C=O) groups excluding carboxylic acids is 1. The third-order valence-corrected chi connectivity index (χ3v) is 9.83. The molecule has 0 radical (unpaired) electrons. The van der Waals surface area contributed by atoms with Crippen molar-refractivity contribution in [2.24, 2.45) is 5.92 Å². The molecule has 274 valence electrons. The lowest BCUT2D eigenvalue weighted by Gasteiger charge is -2.06. The molecule has 0 N–H and O–H groups in total. The highest BCUT2D eigenvalue weighted by molar-refractivity contribution is 5.69. The zero-order chi connectivity index (χ0) is 33.4. The highest BCUT2D eigenvalue weighted by Gasteiger charge is 2.03. The van der Waals surface area contributed by atoms with Crippen LogP contribution in [0.4, 0.5) is 0 Å². The van der Waals surface area contributed by atoms with E-state index in [1.165, 1.54) is 212 Å². The van der Waals surface area contributed by atoms with E-state index in [-0.39, 0.29) is 5.97 Å². The molecule has 0 rings (SSSR count). The quantitative estimate of drug-likeness (QED) is 0.0377. The molecule has 0 heterocycles. The molecule has 0 aliphatic rings. The van der Waals surface area contributed by atoms with Crippen LogP contribution in [-0.2, 0) is 9.53 Å². The summed E-state index contributed by atoms with van der Waals surface area (Å²) in [6.45, 7) is 7.59. The molecule has 0 amide bonds. The first-order valence-corrected chi connectivity index (χ1v) is 21.5. The summed E-state index contributed by atoms with van der Waals surface area (Å²) in [7, 11) is 0. The van der Waals surface area contributed by atoms with Gasteiger partial charge in [-0.3, -0.25) is 4.79 Å². The van der Waals surface area contributed by atoms with Crippen LogP contribution in [0.25, 0.3) is 0 Å². The number of hydrogen-bond donors (Lipinski definition) is 0. The van der Waals surface area contributed by atoms with Gasteiger partial charge in [-0.15, -0.1) is 0 Å². The van der Waals surface area contributed by atoms with E-state index < -0.39 is 0 Å². The van der Waals surface area contributed by atoms with Gasteiger partial charge in [0, 0.05) is 6.42 Å². The first-order valence-electron chi connectivity index (χ1n) is 21.5. The largest absolute Gasteiger partial charge is 0.466 e. The molecule has 0 unspecified atom stereocenters. The first kappa shape index (κ1) is 45.2. The van der Waals surface area contributed by atoms with Crippen LogP contribution in [0.5, 0.6) is 0 Å². The van der Waals surface area contributed by atoms with Gasteiger partial charge in [0.1, 0.15) is 0 Å². The molecular formula is C44H86O2. The highest BCUT2D eigenvalue weighted by Crippen LogP contribution is 2.16. The number of unbranched alkanes of at least 4 members (excludes halogenated alkanes) is 31. The Balaban J connectivity index is 3.17. The van der Waals surface area contributed by atoms with Crippen LogP contribution in [0, 0.1) is 5.92 Å². The average Bonchev–Trinajstić information content (AvgIpc) is 3.04. The van der Waals surface area contributed by atoms with Gasteiger partial charge in [0.25, 0.3) is 0 Å². The van der Waals surface area contributed by atoms with Crippen molar-refractivity contribution in [3.8, 4) is 0 Å². The molecule has 0 saturated heterocycles. The van der Waals surface area contributed by atoms with Crippen molar-refractivity contribution in [1.82, 2.24) is 0 Å². The van der Waals surface area contributed by atoms with E-state index in [1.807, 2.05) is 0 Å². The van der Waals surface area contributed by atoms with Gasteiger partial charge in [-0.25, -0.2) is 0 Å². The SMILES string of the molecule is CCCCCCCCC=CCCCCCCCCCC(=O)OCCCCCCCCCCCCCCCCCCCCCC(C)C. The van der Waals surface area contributed by atoms with Crippen LogP contribution >= 0.6 is 0 Å². The third-order valence-electron chi connectivity index (χ3n) is 9.83. The van der Waals surface area contributed by atoms with Crippen LogP contribution in [0.15, 0.2) is 12.2 Å². The minimum atomic E-state index is 0.0237. The summed E-state index contributed by atoms with van der Waals surface area (Å²) in [6, 6.07) is 0. The molecule has 0 aromatic carbocycles. The summed E-state index contributed by atoms with van der Waals surface area (Å²) in [5.74, 6) is 0.906. The minimum Gasteiger partial charge on any atom is -0.466 e. The lowest BCUT2D eigenvalue weighted by atomic mass is 10.0. The number of rotatable bonds is 39. The molecule has 0 aromatic heterocycles. The first-order chi connectivity index (χ1) is 22.7. The Morgan fingerprint density at radius 3 is 1.15 bits per heavy atom. The molecule has 0 fully saturated rings. The summed E-state index contributed by atoms with van der Waals surface area (Å²) in [5.41, 5.74) is 0. The fourth-order valence-corrected chi connectivity index (χ4v) is 6.61. The highest BCUT2D eigenvalue weighted by atomic mass is 16.5. The van der Waals surface area contributed by atoms with Crippen LogP contribution in [0.2, 0.25) is 0 Å². The van der Waals surface area contributed by atoms with E-state index in [1.54, 1.807) is 0 Å². The predicted octanol–water partition coefficient (Wildman–Crippen LogP) is 15.8. The van der Waals surface area contributed by atoms with Crippen molar-refractivity contribution < 1.29 is 9.53 Å². The summed E-state index contributed by atoms with van der Waals surface area (Å²) in [6.07, 6.45) is 53.0. The predicted molar refractivity (Wildman–Crippen MR) is 207 cm³/mol. The molecule has 0 bridgehead atoms. The Morgan fingerprint density at radius 1 is 0.435 bits per heavy atom. The molecule has 0 aromatic rings. The monoisotopic (exact) mass is 647 g/mol. The van der Waals surface area contributed by atoms with E-state index >= 15 is 0 Å². The lowest BCUT2D eigenvalue weighted by molar-refractivity contribution is -0.143. The molecule has 0 atom stereocenters. The Kier molecular flexibility index (Phi) is 39.7. The molecule has 2 heteroatoms. The lowest BCUT2D eigenvalue weighted by Crippen LogP contribution is -2.05. The zero-order valence-electron chi connectivity index (χ0n) is 32.2. The fraction of sp³-hybridized carbons (Fsp3) is 0.932. The maximum absolute atomic E-state index is 12.0. The molecule has 0 saturated carbocycles. The van der Waals surface area contributed by atoms with Gasteiger partial charge >= 0.3 is 5.97 Å². The van der Waals surface area contributed by atoms with Crippen molar-refractivity contribution in [1.29, 1.82) is 0 Å². The maximum atomic E-state index is 12.0. The summed E-state index contributed by atoms with van der Waals surface area (Å²) < 4.78 is 5.47. The summed E-state index contributed by atoms with van der Waals surface area (Å²) >= 11 is 0. The molecular weight excluding hydrogens is 560 g/mol. The van der Waals surface area contributed by atoms with Crippen molar-refractivity contribution in [2.75, 3.05) is 6.61 Å². The average molecular weight is 647 g/mol. The van der Waals surface area contributed by atoms with Gasteiger partial charge in [0.05, 0.1) is 6.61 Å². The van der Waals surface area contributed by atoms with E-state index in [9.17, 15) is 4.79 Å². The van der Waals surface area contributed by atoms with Crippen molar-refractivity contribution >= 4 is 5.97 Å². The van der Waals surface area contributed by atoms with Crippen molar-refractivity contribution in [3.63, 3.8) is 0 Å². The smallest absolute Gasteiger partial charge is 0.305 e. The second-order valence-corrected chi connectivity index (χ2v) is 15.2. The molecule has 2 nitrogen and oxygen atoms in total. The standard InChI is InChI=1S/C44H86O2/c1-4-5-6-7-8-9-10-11-12-16-20-23-26-29-32-35-38-41-44(45)46-42-39-36-33-30-27-24-21-18-15-13-14-17-19-22-25-28-31-34-37-40-43(2)3/h11-12,43H,4-10,13-42H2,1-3H3. The van der Waals surface area contributed by atoms with Crippen LogP contribution in [0.1, 0.15) is 252 Å². The Hall–Kier alpha value is -0.790. The normalized spacial score (nSPS) is 11.7. The maximum Gasteiger partial charge on any atom is 0.305 e. The fourth-order valence-electron chi connectivity index (χ4n) is 6.61. The van der Waals surface area contributed by atoms with Gasteiger partial charge in [-0.1, -0.05) is 219 Å². The second-order valence-electron chi connectivity index (χ2n) is 15.2. The number of esters is 1. The molecule has 46 heavy (non-hydrogen) atoms. The Labute approximate surface area is 291 Å². The minimum absolute atomic E-state index is 0.0237. The Bertz CT molecular complexity index is 595. The van der Waals surface area contributed by atoms with E-state index in [0.717, 1.165) is 18.8 Å². The number of allylic oxidation sites excluding steroid dienone is 2. The van der Waals surface area contributed by atoms with E-state index in [0.29, 0.717) is 13.0 Å². The van der Waals surface area contributed by atoms with Gasteiger partial charge < -0.3 is 4.74 Å². The number of hydrogen-bond acceptors (Lipinski definition) is 2. The Morgan fingerprint density at radius 2 is 0.761 bits per heavy atom. The summed E-state index contributed by atoms with van der Waals surface area (Å²) in [5, 5.41) is 0. The van der Waals surface area contributed by atoms with Crippen molar-refractivity contribution in [3.05, 3.63) is 12.2 Å². The zero-order valence-corrected chi connectivity index (χ0v) is 32.2. The van der Waals surface area contributed by atoms with Crippen LogP contribution in [-0.4, -0.2) is 12.6 Å².